The van der Waals surface area contributed by atoms with Gasteiger partial charge in [-0.2, -0.15) is 11.8 Å². The molecule has 0 bridgehead atoms. The Morgan fingerprint density at radius 3 is 3.11 bits per heavy atom. The maximum Gasteiger partial charge on any atom is 0.120 e. The summed E-state index contributed by atoms with van der Waals surface area (Å²) in [4.78, 5) is 10.1. The highest BCUT2D eigenvalue weighted by molar-refractivity contribution is 8.00. The van der Waals surface area contributed by atoms with Crippen LogP contribution in [0.25, 0.3) is 0 Å². The van der Waals surface area contributed by atoms with Gasteiger partial charge in [-0.15, -0.1) is 0 Å². The Balaban J connectivity index is 1.87. The lowest BCUT2D eigenvalue weighted by atomic mass is 10.2. The van der Waals surface area contributed by atoms with Crippen molar-refractivity contribution in [1.29, 1.82) is 0 Å². The fourth-order valence-electron chi connectivity index (χ4n) is 1.80. The third-order valence-corrected chi connectivity index (χ3v) is 3.94. The zero-order chi connectivity index (χ0) is 6.27. The second-order valence-corrected chi connectivity index (χ2v) is 4.14. The fraction of sp³-hybridized carbons (Fsp3) is 0.857. The third kappa shape index (κ3) is 0.803. The summed E-state index contributed by atoms with van der Waals surface area (Å²) in [6, 6.07) is 0. The van der Waals surface area contributed by atoms with Crippen LogP contribution in [0.15, 0.2) is 0 Å². The van der Waals surface area contributed by atoms with Crippen LogP contribution in [0.4, 0.5) is 0 Å². The Morgan fingerprint density at radius 1 is 1.67 bits per heavy atom. The summed E-state index contributed by atoms with van der Waals surface area (Å²) >= 11 is 2.06. The zero-order valence-corrected chi connectivity index (χ0v) is 6.06. The SMILES string of the molecule is O=CCC1[C@H]2CCS[C@@H]12. The average molecular weight is 142 g/mol. The van der Waals surface area contributed by atoms with E-state index in [-0.39, 0.29) is 0 Å². The van der Waals surface area contributed by atoms with Gasteiger partial charge in [0.15, 0.2) is 0 Å². The maximum absolute atomic E-state index is 10.1. The van der Waals surface area contributed by atoms with Gasteiger partial charge in [0.25, 0.3) is 0 Å². The molecule has 1 aliphatic carbocycles. The Kier molecular flexibility index (Phi) is 1.29. The summed E-state index contributed by atoms with van der Waals surface area (Å²) in [6.07, 6.45) is 3.26. The van der Waals surface area contributed by atoms with Crippen molar-refractivity contribution in [2.45, 2.75) is 18.1 Å². The van der Waals surface area contributed by atoms with E-state index in [4.69, 9.17) is 0 Å². The van der Waals surface area contributed by atoms with Gasteiger partial charge in [0.1, 0.15) is 6.29 Å². The van der Waals surface area contributed by atoms with Crippen molar-refractivity contribution >= 4 is 18.0 Å². The van der Waals surface area contributed by atoms with E-state index >= 15 is 0 Å². The smallest absolute Gasteiger partial charge is 0.120 e. The number of carbonyl (C=O) groups is 1. The monoisotopic (exact) mass is 142 g/mol. The van der Waals surface area contributed by atoms with Gasteiger partial charge in [-0.05, 0) is 24.0 Å². The lowest BCUT2D eigenvalue weighted by molar-refractivity contribution is -0.108. The molecule has 9 heavy (non-hydrogen) atoms. The van der Waals surface area contributed by atoms with Crippen molar-refractivity contribution in [2.24, 2.45) is 11.8 Å². The number of hydrogen-bond donors (Lipinski definition) is 0. The second kappa shape index (κ2) is 2.01. The highest BCUT2D eigenvalue weighted by Gasteiger charge is 2.52. The number of rotatable bonds is 2. The standard InChI is InChI=1S/C7H10OS/c8-3-1-5-6-2-4-9-7(5)6/h3,5-7H,1-2,4H2/t5?,6-,7+/m1/s1. The topological polar surface area (TPSA) is 17.1 Å². The molecule has 1 saturated heterocycles. The van der Waals surface area contributed by atoms with E-state index in [1.165, 1.54) is 12.2 Å². The molecular formula is C7H10OS. The highest BCUT2D eigenvalue weighted by atomic mass is 32.2. The van der Waals surface area contributed by atoms with Crippen LogP contribution in [-0.2, 0) is 4.79 Å². The van der Waals surface area contributed by atoms with Gasteiger partial charge < -0.3 is 4.79 Å². The molecule has 2 heteroatoms. The van der Waals surface area contributed by atoms with Gasteiger partial charge in [0.05, 0.1) is 0 Å². The van der Waals surface area contributed by atoms with Gasteiger partial charge >= 0.3 is 0 Å². The minimum absolute atomic E-state index is 0.779. The first-order chi connectivity index (χ1) is 4.43. The van der Waals surface area contributed by atoms with Crippen molar-refractivity contribution in [3.05, 3.63) is 0 Å². The molecule has 0 spiro atoms. The van der Waals surface area contributed by atoms with E-state index in [1.54, 1.807) is 0 Å². The average Bonchev–Trinajstić information content (AvgIpc) is 2.39. The number of aldehydes is 1. The molecule has 2 rings (SSSR count). The van der Waals surface area contributed by atoms with Crippen molar-refractivity contribution in [1.82, 2.24) is 0 Å². The molecule has 1 saturated carbocycles. The highest BCUT2D eigenvalue weighted by Crippen LogP contribution is 2.57. The molecule has 0 amide bonds. The van der Waals surface area contributed by atoms with Gasteiger partial charge in [-0.25, -0.2) is 0 Å². The van der Waals surface area contributed by atoms with Crippen LogP contribution in [0.2, 0.25) is 0 Å². The molecule has 0 radical (unpaired) electrons. The van der Waals surface area contributed by atoms with Crippen LogP contribution in [0.3, 0.4) is 0 Å². The first-order valence-corrected chi connectivity index (χ1v) is 4.53. The van der Waals surface area contributed by atoms with Crippen molar-refractivity contribution in [3.63, 3.8) is 0 Å². The maximum atomic E-state index is 10.1. The predicted octanol–water partition coefficient (Wildman–Crippen LogP) is 1.33. The molecule has 2 fully saturated rings. The first kappa shape index (κ1) is 5.78. The second-order valence-electron chi connectivity index (χ2n) is 2.85. The van der Waals surface area contributed by atoms with Crippen LogP contribution in [0, 0.1) is 11.8 Å². The van der Waals surface area contributed by atoms with Crippen molar-refractivity contribution in [3.8, 4) is 0 Å². The van der Waals surface area contributed by atoms with Gasteiger partial charge in [-0.3, -0.25) is 0 Å². The summed E-state index contributed by atoms with van der Waals surface area (Å²) in [5, 5.41) is 0.884. The molecule has 0 N–H and O–H groups in total. The van der Waals surface area contributed by atoms with E-state index in [9.17, 15) is 4.79 Å². The summed E-state index contributed by atoms with van der Waals surface area (Å²) in [5.74, 6) is 3.05. The summed E-state index contributed by atoms with van der Waals surface area (Å²) < 4.78 is 0. The first-order valence-electron chi connectivity index (χ1n) is 3.48. The van der Waals surface area contributed by atoms with E-state index in [0.29, 0.717) is 0 Å². The lowest BCUT2D eigenvalue weighted by Gasteiger charge is -1.94. The quantitative estimate of drug-likeness (QED) is 0.541. The molecule has 1 unspecified atom stereocenters. The molecule has 0 aromatic carbocycles. The molecule has 0 aromatic heterocycles. The minimum atomic E-state index is 0.779. The van der Waals surface area contributed by atoms with Crippen molar-refractivity contribution in [2.75, 3.05) is 5.75 Å². The molecule has 1 heterocycles. The molecule has 0 aromatic rings. The van der Waals surface area contributed by atoms with Crippen LogP contribution >= 0.6 is 11.8 Å². The van der Waals surface area contributed by atoms with Gasteiger partial charge in [-0.1, -0.05) is 0 Å². The van der Waals surface area contributed by atoms with E-state index in [2.05, 4.69) is 11.8 Å². The normalized spacial score (nSPS) is 46.4. The Bertz CT molecular complexity index is 125. The molecule has 1 aliphatic heterocycles. The van der Waals surface area contributed by atoms with Crippen LogP contribution in [-0.4, -0.2) is 17.3 Å². The van der Waals surface area contributed by atoms with E-state index < -0.39 is 0 Å². The van der Waals surface area contributed by atoms with Gasteiger partial charge in [0.2, 0.25) is 0 Å². The Hall–Kier alpha value is 0.0200. The predicted molar refractivity (Wildman–Crippen MR) is 38.5 cm³/mol. The van der Waals surface area contributed by atoms with Gasteiger partial charge in [0, 0.05) is 11.7 Å². The molecule has 2 aliphatic rings. The van der Waals surface area contributed by atoms with Crippen LogP contribution in [0.1, 0.15) is 12.8 Å². The summed E-state index contributed by atoms with van der Waals surface area (Å²) in [7, 11) is 0. The molecule has 3 atom stereocenters. The summed E-state index contributed by atoms with van der Waals surface area (Å²) in [5.41, 5.74) is 0. The zero-order valence-electron chi connectivity index (χ0n) is 5.25. The lowest BCUT2D eigenvalue weighted by Crippen LogP contribution is -1.88. The number of carbonyl (C=O) groups excluding carboxylic acids is 1. The summed E-state index contributed by atoms with van der Waals surface area (Å²) in [6.45, 7) is 0. The van der Waals surface area contributed by atoms with Crippen LogP contribution in [0.5, 0.6) is 0 Å². The van der Waals surface area contributed by atoms with E-state index in [0.717, 1.165) is 29.8 Å². The van der Waals surface area contributed by atoms with Crippen molar-refractivity contribution < 1.29 is 4.79 Å². The Morgan fingerprint density at radius 2 is 2.56 bits per heavy atom. The number of fused-ring (bicyclic) bond motifs is 1. The number of thioether (sulfide) groups is 1. The third-order valence-electron chi connectivity index (χ3n) is 2.38. The minimum Gasteiger partial charge on any atom is -0.303 e. The molecule has 50 valence electrons. The fourth-order valence-corrected chi connectivity index (χ4v) is 3.53. The van der Waals surface area contributed by atoms with E-state index in [1.807, 2.05) is 0 Å². The molecule has 1 nitrogen and oxygen atoms in total. The van der Waals surface area contributed by atoms with Crippen LogP contribution < -0.4 is 0 Å². The largest absolute Gasteiger partial charge is 0.303 e. The molecular weight excluding hydrogens is 132 g/mol. The number of hydrogen-bond acceptors (Lipinski definition) is 2. The Labute approximate surface area is 59.2 Å².